The molecule has 0 spiro atoms. The van der Waals surface area contributed by atoms with Gasteiger partial charge in [-0.2, -0.15) is 0 Å². The summed E-state index contributed by atoms with van der Waals surface area (Å²) in [5, 5.41) is 10.8. The maximum absolute atomic E-state index is 13.1. The smallest absolute Gasteiger partial charge is 0.338 e. The van der Waals surface area contributed by atoms with Crippen molar-refractivity contribution in [2.24, 2.45) is 0 Å². The molecule has 1 heterocycles. The molecule has 5 atom stereocenters. The lowest BCUT2D eigenvalue weighted by Crippen LogP contribution is -2.62. The van der Waals surface area contributed by atoms with Crippen molar-refractivity contribution in [1.82, 2.24) is 0 Å². The second-order valence-electron chi connectivity index (χ2n) is 8.59. The summed E-state index contributed by atoms with van der Waals surface area (Å²) in [6, 6.07) is 24.7. The minimum Gasteiger partial charge on any atom is -0.459 e. The van der Waals surface area contributed by atoms with E-state index in [2.05, 4.69) is 6.58 Å². The molecule has 4 rings (SSSR count). The average molecular weight is 533 g/mol. The van der Waals surface area contributed by atoms with E-state index in [-0.39, 0.29) is 17.7 Å². The molecule has 0 amide bonds. The summed E-state index contributed by atoms with van der Waals surface area (Å²) in [6.07, 6.45) is -5.24. The zero-order chi connectivity index (χ0) is 27.6. The number of carbonyl (C=O) groups is 3. The van der Waals surface area contributed by atoms with Gasteiger partial charge in [-0.05, 0) is 36.4 Å². The second-order valence-corrected chi connectivity index (χ2v) is 8.59. The molecular formula is C30H28O9. The fourth-order valence-corrected chi connectivity index (χ4v) is 4.01. The van der Waals surface area contributed by atoms with E-state index in [9.17, 15) is 19.5 Å². The summed E-state index contributed by atoms with van der Waals surface area (Å²) >= 11 is 0. The molecule has 0 aromatic heterocycles. The van der Waals surface area contributed by atoms with Gasteiger partial charge in [0.15, 0.2) is 18.5 Å². The third-order valence-corrected chi connectivity index (χ3v) is 5.91. The monoisotopic (exact) mass is 532 g/mol. The molecule has 0 aliphatic carbocycles. The number of aliphatic hydroxyl groups is 1. The van der Waals surface area contributed by atoms with Gasteiger partial charge in [-0.15, -0.1) is 6.58 Å². The first-order valence-corrected chi connectivity index (χ1v) is 12.3. The molecule has 9 heteroatoms. The van der Waals surface area contributed by atoms with Crippen molar-refractivity contribution < 1.29 is 43.2 Å². The van der Waals surface area contributed by atoms with E-state index in [1.807, 2.05) is 0 Å². The van der Waals surface area contributed by atoms with Crippen LogP contribution >= 0.6 is 0 Å². The third kappa shape index (κ3) is 7.17. The molecule has 0 unspecified atom stereocenters. The Morgan fingerprint density at radius 2 is 1.18 bits per heavy atom. The Morgan fingerprint density at radius 1 is 0.718 bits per heavy atom. The lowest BCUT2D eigenvalue weighted by atomic mass is 9.98. The highest BCUT2D eigenvalue weighted by molar-refractivity contribution is 5.90. The summed E-state index contributed by atoms with van der Waals surface area (Å²) < 4.78 is 28.4. The van der Waals surface area contributed by atoms with Crippen LogP contribution in [0.2, 0.25) is 0 Å². The highest BCUT2D eigenvalue weighted by Crippen LogP contribution is 2.29. The molecule has 1 aliphatic heterocycles. The fourth-order valence-electron chi connectivity index (χ4n) is 4.01. The molecule has 3 aromatic carbocycles. The first kappa shape index (κ1) is 27.7. The predicted molar refractivity (Wildman–Crippen MR) is 139 cm³/mol. The van der Waals surface area contributed by atoms with Crippen LogP contribution in [-0.2, 0) is 23.7 Å². The highest BCUT2D eigenvalue weighted by Gasteiger charge is 2.51. The Kier molecular flexibility index (Phi) is 9.58. The number of benzene rings is 3. The van der Waals surface area contributed by atoms with Crippen molar-refractivity contribution in [2.75, 3.05) is 13.2 Å². The van der Waals surface area contributed by atoms with E-state index in [0.717, 1.165) is 0 Å². The quantitative estimate of drug-likeness (QED) is 0.237. The zero-order valence-corrected chi connectivity index (χ0v) is 21.0. The standard InChI is InChI=1S/C30H28O9/c1-2-18-35-26-25(39-29(33)22-16-10-5-11-17-22)24(38-28(32)21-14-8-4-9-15-21)23(37-30(26)34)19-36-27(31)20-12-6-3-7-13-20/h2-17,23-26,30,34H,1,18-19H2/t23-,24+,25+,26-,30-/m1/s1. The van der Waals surface area contributed by atoms with Crippen molar-refractivity contribution in [3.63, 3.8) is 0 Å². The number of aliphatic hydroxyl groups excluding tert-OH is 1. The van der Waals surface area contributed by atoms with Gasteiger partial charge in [-0.3, -0.25) is 0 Å². The highest BCUT2D eigenvalue weighted by atomic mass is 16.7. The lowest BCUT2D eigenvalue weighted by Gasteiger charge is -2.43. The predicted octanol–water partition coefficient (Wildman–Crippen LogP) is 3.58. The first-order chi connectivity index (χ1) is 19.0. The SMILES string of the molecule is C=CCO[C@@H]1[C@@H](OC(=O)c2ccccc2)[C@@H](OC(=O)c2ccccc2)[C@@H](COC(=O)c2ccccc2)O[C@H]1O. The Balaban J connectivity index is 1.63. The second kappa shape index (κ2) is 13.5. The number of esters is 3. The topological polar surface area (TPSA) is 118 Å². The molecule has 1 N–H and O–H groups in total. The van der Waals surface area contributed by atoms with E-state index in [4.69, 9.17) is 23.7 Å². The van der Waals surface area contributed by atoms with E-state index in [1.165, 1.54) is 6.08 Å². The number of hydrogen-bond acceptors (Lipinski definition) is 9. The minimum absolute atomic E-state index is 0.0164. The van der Waals surface area contributed by atoms with Crippen molar-refractivity contribution in [2.45, 2.75) is 30.7 Å². The largest absolute Gasteiger partial charge is 0.459 e. The average Bonchev–Trinajstić information content (AvgIpc) is 2.98. The van der Waals surface area contributed by atoms with Crippen molar-refractivity contribution in [3.05, 3.63) is 120 Å². The van der Waals surface area contributed by atoms with Crippen molar-refractivity contribution >= 4 is 17.9 Å². The molecule has 1 saturated heterocycles. The van der Waals surface area contributed by atoms with Gasteiger partial charge in [0.2, 0.25) is 0 Å². The summed E-state index contributed by atoms with van der Waals surface area (Å²) in [5.41, 5.74) is 0.771. The number of ether oxygens (including phenoxy) is 5. The van der Waals surface area contributed by atoms with E-state index in [0.29, 0.717) is 5.56 Å². The maximum atomic E-state index is 13.1. The molecule has 0 bridgehead atoms. The van der Waals surface area contributed by atoms with E-state index >= 15 is 0 Å². The summed E-state index contributed by atoms with van der Waals surface area (Å²) in [4.78, 5) is 38.7. The molecular weight excluding hydrogens is 504 g/mol. The minimum atomic E-state index is -1.61. The van der Waals surface area contributed by atoms with Gasteiger partial charge in [0, 0.05) is 0 Å². The molecule has 1 aliphatic rings. The molecule has 0 radical (unpaired) electrons. The summed E-state index contributed by atoms with van der Waals surface area (Å²) in [7, 11) is 0. The summed E-state index contributed by atoms with van der Waals surface area (Å²) in [5.74, 6) is -2.12. The van der Waals surface area contributed by atoms with Crippen molar-refractivity contribution in [1.29, 1.82) is 0 Å². The normalized spacial score (nSPS) is 22.3. The van der Waals surface area contributed by atoms with E-state index < -0.39 is 55.2 Å². The Labute approximate surface area is 225 Å². The van der Waals surface area contributed by atoms with Gasteiger partial charge in [-0.25, -0.2) is 14.4 Å². The molecule has 39 heavy (non-hydrogen) atoms. The molecule has 9 nitrogen and oxygen atoms in total. The maximum Gasteiger partial charge on any atom is 0.338 e. The van der Waals surface area contributed by atoms with Crippen LogP contribution in [-0.4, -0.2) is 66.9 Å². The van der Waals surface area contributed by atoms with Gasteiger partial charge in [0.05, 0.1) is 23.3 Å². The van der Waals surface area contributed by atoms with Crippen LogP contribution in [0.1, 0.15) is 31.1 Å². The molecule has 3 aromatic rings. The van der Waals surface area contributed by atoms with Gasteiger partial charge in [-0.1, -0.05) is 60.7 Å². The van der Waals surface area contributed by atoms with Crippen LogP contribution < -0.4 is 0 Å². The van der Waals surface area contributed by atoms with E-state index in [1.54, 1.807) is 91.0 Å². The zero-order valence-electron chi connectivity index (χ0n) is 21.0. The Hall–Kier alpha value is -4.31. The van der Waals surface area contributed by atoms with Crippen LogP contribution in [0.15, 0.2) is 104 Å². The Bertz CT molecular complexity index is 1250. The van der Waals surface area contributed by atoms with Crippen LogP contribution in [0.3, 0.4) is 0 Å². The van der Waals surface area contributed by atoms with Crippen LogP contribution in [0.5, 0.6) is 0 Å². The van der Waals surface area contributed by atoms with Gasteiger partial charge in [0.1, 0.15) is 18.8 Å². The van der Waals surface area contributed by atoms with Gasteiger partial charge < -0.3 is 28.8 Å². The van der Waals surface area contributed by atoms with Crippen LogP contribution in [0, 0.1) is 0 Å². The van der Waals surface area contributed by atoms with Gasteiger partial charge >= 0.3 is 17.9 Å². The molecule has 1 fully saturated rings. The first-order valence-electron chi connectivity index (χ1n) is 12.3. The lowest BCUT2D eigenvalue weighted by molar-refractivity contribution is -0.292. The third-order valence-electron chi connectivity index (χ3n) is 5.91. The fraction of sp³-hybridized carbons (Fsp3) is 0.233. The Morgan fingerprint density at radius 3 is 1.67 bits per heavy atom. The van der Waals surface area contributed by atoms with Crippen LogP contribution in [0.25, 0.3) is 0 Å². The molecule has 202 valence electrons. The van der Waals surface area contributed by atoms with Crippen LogP contribution in [0.4, 0.5) is 0 Å². The number of carbonyl (C=O) groups excluding carboxylic acids is 3. The number of hydrogen-bond donors (Lipinski definition) is 1. The summed E-state index contributed by atoms with van der Waals surface area (Å²) in [6.45, 7) is 3.18. The van der Waals surface area contributed by atoms with Gasteiger partial charge in [0.25, 0.3) is 0 Å². The number of rotatable bonds is 10. The molecule has 0 saturated carbocycles. The van der Waals surface area contributed by atoms with Crippen molar-refractivity contribution in [3.8, 4) is 0 Å².